The van der Waals surface area contributed by atoms with Gasteiger partial charge in [-0.2, -0.15) is 0 Å². The van der Waals surface area contributed by atoms with E-state index in [1.807, 2.05) is 13.8 Å². The van der Waals surface area contributed by atoms with E-state index in [2.05, 4.69) is 18.7 Å². The summed E-state index contributed by atoms with van der Waals surface area (Å²) in [6, 6.07) is 0.586. The van der Waals surface area contributed by atoms with E-state index in [0.717, 1.165) is 13.1 Å². The van der Waals surface area contributed by atoms with Crippen LogP contribution in [0.3, 0.4) is 0 Å². The third kappa shape index (κ3) is 3.56. The van der Waals surface area contributed by atoms with E-state index in [0.29, 0.717) is 6.04 Å². The number of likely N-dealkylation sites (tertiary alicyclic amines) is 1. The van der Waals surface area contributed by atoms with Gasteiger partial charge in [-0.25, -0.2) is 0 Å². The van der Waals surface area contributed by atoms with Crippen molar-refractivity contribution in [2.24, 2.45) is 0 Å². The normalized spacial score (nSPS) is 27.6. The molecule has 0 aromatic carbocycles. The monoisotopic (exact) mass is 203 g/mol. The predicted molar refractivity (Wildman–Crippen MR) is 59.7 cm³/mol. The number of rotatable bonds is 3. The zero-order chi connectivity index (χ0) is 11.1. The molecule has 2 unspecified atom stereocenters. The summed E-state index contributed by atoms with van der Waals surface area (Å²) in [6.07, 6.45) is 0.495. The molecule has 0 aliphatic carbocycles. The number of hydrogen-bond donors (Lipinski definition) is 0. The molecule has 0 saturated carbocycles. The first-order valence-electron chi connectivity index (χ1n) is 5.48. The maximum Gasteiger partial charge on any atom is 0.0971 e. The highest BCUT2D eigenvalue weighted by Gasteiger charge is 2.33. The second kappa shape index (κ2) is 7.21. The van der Waals surface area contributed by atoms with Crippen LogP contribution >= 0.6 is 0 Å². The molecule has 2 atom stereocenters. The Kier molecular flexibility index (Phi) is 7.15. The Bertz CT molecular complexity index is 127. The molecule has 86 valence electrons. The summed E-state index contributed by atoms with van der Waals surface area (Å²) in [5.74, 6) is 0. The molecule has 0 aromatic rings. The molecule has 0 aromatic heterocycles. The van der Waals surface area contributed by atoms with E-state index < -0.39 is 0 Å². The topological polar surface area (TPSA) is 21.7 Å². The van der Waals surface area contributed by atoms with Crippen LogP contribution in [0.2, 0.25) is 0 Å². The van der Waals surface area contributed by atoms with E-state index >= 15 is 0 Å². The molecule has 1 aliphatic heterocycles. The Morgan fingerprint density at radius 2 is 1.36 bits per heavy atom. The molecule has 0 radical (unpaired) electrons. The molecular formula is C11H25NO2. The largest absolute Gasteiger partial charge is 0.377 e. The van der Waals surface area contributed by atoms with Crippen molar-refractivity contribution in [1.29, 1.82) is 0 Å². The van der Waals surface area contributed by atoms with E-state index in [1.54, 1.807) is 14.2 Å². The molecule has 3 heteroatoms. The van der Waals surface area contributed by atoms with Gasteiger partial charge in [0.25, 0.3) is 0 Å². The summed E-state index contributed by atoms with van der Waals surface area (Å²) < 4.78 is 10.7. The zero-order valence-electron chi connectivity index (χ0n) is 10.4. The lowest BCUT2D eigenvalue weighted by molar-refractivity contribution is -0.00461. The SMILES string of the molecule is CC.COC1CN(C(C)C)CC1OC. The van der Waals surface area contributed by atoms with Gasteiger partial charge in [0.2, 0.25) is 0 Å². The summed E-state index contributed by atoms with van der Waals surface area (Å²) in [7, 11) is 3.50. The second-order valence-corrected chi connectivity index (χ2v) is 3.60. The standard InChI is InChI=1S/C9H19NO2.C2H6/c1-7(2)10-5-8(11-3)9(6-10)12-4;1-2/h7-9H,5-6H2,1-4H3;1-2H3. The average molecular weight is 203 g/mol. The third-order valence-electron chi connectivity index (χ3n) is 2.58. The average Bonchev–Trinajstić information content (AvgIpc) is 2.63. The summed E-state index contributed by atoms with van der Waals surface area (Å²) in [5, 5.41) is 0. The predicted octanol–water partition coefficient (Wildman–Crippen LogP) is 1.77. The van der Waals surface area contributed by atoms with Gasteiger partial charge in [-0.3, -0.25) is 4.90 Å². The van der Waals surface area contributed by atoms with Crippen LogP contribution in [0.4, 0.5) is 0 Å². The molecule has 3 nitrogen and oxygen atoms in total. The Labute approximate surface area is 88.4 Å². The number of methoxy groups -OCH3 is 2. The van der Waals surface area contributed by atoms with Crippen molar-refractivity contribution in [3.63, 3.8) is 0 Å². The van der Waals surface area contributed by atoms with Crippen molar-refractivity contribution in [2.75, 3.05) is 27.3 Å². The van der Waals surface area contributed by atoms with E-state index in [9.17, 15) is 0 Å². The van der Waals surface area contributed by atoms with E-state index in [1.165, 1.54) is 0 Å². The maximum absolute atomic E-state index is 5.33. The lowest BCUT2D eigenvalue weighted by Crippen LogP contribution is -2.29. The fourth-order valence-electron chi connectivity index (χ4n) is 1.65. The Morgan fingerprint density at radius 3 is 1.57 bits per heavy atom. The minimum Gasteiger partial charge on any atom is -0.377 e. The van der Waals surface area contributed by atoms with Crippen LogP contribution in [-0.2, 0) is 9.47 Å². The molecule has 14 heavy (non-hydrogen) atoms. The van der Waals surface area contributed by atoms with Gasteiger partial charge in [0.1, 0.15) is 0 Å². The summed E-state index contributed by atoms with van der Waals surface area (Å²) in [5.41, 5.74) is 0. The van der Waals surface area contributed by atoms with Crippen LogP contribution in [0.25, 0.3) is 0 Å². The van der Waals surface area contributed by atoms with Crippen LogP contribution in [0.1, 0.15) is 27.7 Å². The van der Waals surface area contributed by atoms with Crippen molar-refractivity contribution >= 4 is 0 Å². The Morgan fingerprint density at radius 1 is 1.00 bits per heavy atom. The third-order valence-corrected chi connectivity index (χ3v) is 2.58. The van der Waals surface area contributed by atoms with Crippen molar-refractivity contribution in [3.8, 4) is 0 Å². The molecule has 0 bridgehead atoms. The second-order valence-electron chi connectivity index (χ2n) is 3.60. The van der Waals surface area contributed by atoms with Gasteiger partial charge in [0.15, 0.2) is 0 Å². The van der Waals surface area contributed by atoms with Crippen molar-refractivity contribution in [3.05, 3.63) is 0 Å². The van der Waals surface area contributed by atoms with Gasteiger partial charge in [0, 0.05) is 33.4 Å². The molecule has 1 rings (SSSR count). The molecule has 0 spiro atoms. The van der Waals surface area contributed by atoms with Gasteiger partial charge < -0.3 is 9.47 Å². The van der Waals surface area contributed by atoms with Crippen LogP contribution in [0.15, 0.2) is 0 Å². The quantitative estimate of drug-likeness (QED) is 0.698. The molecule has 1 fully saturated rings. The first-order valence-corrected chi connectivity index (χ1v) is 5.48. The van der Waals surface area contributed by atoms with Crippen LogP contribution in [-0.4, -0.2) is 50.5 Å². The molecule has 0 N–H and O–H groups in total. The minimum atomic E-state index is 0.248. The van der Waals surface area contributed by atoms with Gasteiger partial charge >= 0.3 is 0 Å². The summed E-state index contributed by atoms with van der Waals surface area (Å²) in [6.45, 7) is 10.4. The van der Waals surface area contributed by atoms with Crippen LogP contribution in [0, 0.1) is 0 Å². The van der Waals surface area contributed by atoms with E-state index in [4.69, 9.17) is 9.47 Å². The van der Waals surface area contributed by atoms with Gasteiger partial charge in [-0.1, -0.05) is 13.8 Å². The van der Waals surface area contributed by atoms with Crippen LogP contribution in [0.5, 0.6) is 0 Å². The van der Waals surface area contributed by atoms with Gasteiger partial charge in [-0.05, 0) is 13.8 Å². The maximum atomic E-state index is 5.33. The molecule has 1 saturated heterocycles. The van der Waals surface area contributed by atoms with Gasteiger partial charge in [-0.15, -0.1) is 0 Å². The zero-order valence-corrected chi connectivity index (χ0v) is 10.4. The summed E-state index contributed by atoms with van der Waals surface area (Å²) >= 11 is 0. The number of nitrogens with zero attached hydrogens (tertiary/aromatic N) is 1. The van der Waals surface area contributed by atoms with Crippen LogP contribution < -0.4 is 0 Å². The molecular weight excluding hydrogens is 178 g/mol. The smallest absolute Gasteiger partial charge is 0.0971 e. The van der Waals surface area contributed by atoms with Gasteiger partial charge in [0.05, 0.1) is 12.2 Å². The molecule has 1 aliphatic rings. The highest BCUT2D eigenvalue weighted by atomic mass is 16.5. The Balaban J connectivity index is 0.000000791. The lowest BCUT2D eigenvalue weighted by Gasteiger charge is -2.19. The Hall–Kier alpha value is -0.120. The highest BCUT2D eigenvalue weighted by Crippen LogP contribution is 2.17. The molecule has 0 amide bonds. The first kappa shape index (κ1) is 13.9. The molecule has 1 heterocycles. The highest BCUT2D eigenvalue weighted by molar-refractivity contribution is 4.86. The van der Waals surface area contributed by atoms with Crippen molar-refractivity contribution in [1.82, 2.24) is 4.90 Å². The number of ether oxygens (including phenoxy) is 2. The number of hydrogen-bond acceptors (Lipinski definition) is 3. The minimum absolute atomic E-state index is 0.248. The first-order chi connectivity index (χ1) is 6.69. The fraction of sp³-hybridized carbons (Fsp3) is 1.00. The van der Waals surface area contributed by atoms with Crippen molar-refractivity contribution in [2.45, 2.75) is 45.9 Å². The van der Waals surface area contributed by atoms with Crippen molar-refractivity contribution < 1.29 is 9.47 Å². The lowest BCUT2D eigenvalue weighted by atomic mass is 10.3. The fourth-order valence-corrected chi connectivity index (χ4v) is 1.65. The van der Waals surface area contributed by atoms with E-state index in [-0.39, 0.29) is 12.2 Å². The summed E-state index contributed by atoms with van der Waals surface area (Å²) in [4.78, 5) is 2.38.